The lowest BCUT2D eigenvalue weighted by molar-refractivity contribution is -0.385. The summed E-state index contributed by atoms with van der Waals surface area (Å²) in [7, 11) is 0. The molecule has 1 N–H and O–H groups in total. The molecular formula is C11H13NO6S. The first-order chi connectivity index (χ1) is 8.93. The summed E-state index contributed by atoms with van der Waals surface area (Å²) in [6.07, 6.45) is 0.744. The Bertz CT molecular complexity index is 516. The van der Waals surface area contributed by atoms with Crippen molar-refractivity contribution in [2.45, 2.75) is 25.5 Å². The molecule has 0 aliphatic rings. The van der Waals surface area contributed by atoms with Crippen molar-refractivity contribution < 1.29 is 23.2 Å². The highest BCUT2D eigenvalue weighted by atomic mass is 32.2. The minimum absolute atomic E-state index is 0.157. The second-order valence-corrected chi connectivity index (χ2v) is 4.68. The average Bonchev–Trinajstić information content (AvgIpc) is 2.30. The van der Waals surface area contributed by atoms with Crippen LogP contribution in [0.1, 0.15) is 25.3 Å². The average molecular weight is 287 g/mol. The van der Waals surface area contributed by atoms with Crippen LogP contribution in [0.2, 0.25) is 0 Å². The summed E-state index contributed by atoms with van der Waals surface area (Å²) in [5, 5.41) is 10.9. The largest absolute Gasteiger partial charge is 0.419 e. The molecule has 7 nitrogen and oxygen atoms in total. The number of hydrogen-bond acceptors (Lipinski definition) is 5. The lowest BCUT2D eigenvalue weighted by Gasteiger charge is -2.05. The van der Waals surface area contributed by atoms with Crippen molar-refractivity contribution in [3.8, 4) is 5.75 Å². The van der Waals surface area contributed by atoms with Crippen LogP contribution < -0.4 is 4.74 Å². The molecule has 0 saturated heterocycles. The van der Waals surface area contributed by atoms with Crippen LogP contribution in [0, 0.1) is 10.1 Å². The molecule has 0 spiro atoms. The van der Waals surface area contributed by atoms with Gasteiger partial charge in [0.1, 0.15) is 0 Å². The fourth-order valence-corrected chi connectivity index (χ4v) is 1.87. The molecule has 0 aliphatic heterocycles. The van der Waals surface area contributed by atoms with Crippen LogP contribution >= 0.6 is 0 Å². The van der Waals surface area contributed by atoms with Crippen LogP contribution in [0.5, 0.6) is 5.75 Å². The van der Waals surface area contributed by atoms with Gasteiger partial charge >= 0.3 is 11.7 Å². The van der Waals surface area contributed by atoms with E-state index in [2.05, 4.69) is 0 Å². The fraction of sp³-hybridized carbons (Fsp3) is 0.364. The Hall–Kier alpha value is -1.80. The molecule has 1 atom stereocenters. The highest BCUT2D eigenvalue weighted by Crippen LogP contribution is 2.28. The van der Waals surface area contributed by atoms with E-state index in [0.29, 0.717) is 12.0 Å². The minimum Gasteiger partial charge on any atom is -0.419 e. The Morgan fingerprint density at radius 2 is 2.21 bits per heavy atom. The Kier molecular flexibility index (Phi) is 5.58. The van der Waals surface area contributed by atoms with E-state index in [9.17, 15) is 19.1 Å². The van der Waals surface area contributed by atoms with E-state index < -0.39 is 27.7 Å². The molecular weight excluding hydrogens is 274 g/mol. The number of ether oxygens (including phenoxy) is 1. The van der Waals surface area contributed by atoms with Crippen LogP contribution in [-0.4, -0.2) is 19.7 Å². The third-order valence-electron chi connectivity index (χ3n) is 2.19. The van der Waals surface area contributed by atoms with Gasteiger partial charge < -0.3 is 9.29 Å². The number of nitro groups is 1. The maximum Gasteiger partial charge on any atom is 0.311 e. The topological polar surface area (TPSA) is 107 Å². The summed E-state index contributed by atoms with van der Waals surface area (Å²) >= 11 is -2.09. The molecule has 1 unspecified atom stereocenters. The van der Waals surface area contributed by atoms with E-state index in [1.54, 1.807) is 6.92 Å². The zero-order valence-corrected chi connectivity index (χ0v) is 11.0. The molecule has 19 heavy (non-hydrogen) atoms. The first-order valence-corrected chi connectivity index (χ1v) is 6.77. The van der Waals surface area contributed by atoms with Gasteiger partial charge in [-0.25, -0.2) is 4.21 Å². The Morgan fingerprint density at radius 1 is 1.53 bits per heavy atom. The Morgan fingerprint density at radius 3 is 2.74 bits per heavy atom. The Labute approximate surface area is 112 Å². The first-order valence-electron chi connectivity index (χ1n) is 5.49. The standard InChI is InChI=1S/C11H13NO6S/c1-2-3-11(13)18-10-5-4-8(7-19(16)17)6-9(10)12(14)15/h4-6H,2-3,7H2,1H3,(H,16,17). The van der Waals surface area contributed by atoms with Gasteiger partial charge in [-0.2, -0.15) is 0 Å². The van der Waals surface area contributed by atoms with Gasteiger partial charge in [0.25, 0.3) is 0 Å². The van der Waals surface area contributed by atoms with Gasteiger partial charge in [-0.05, 0) is 18.1 Å². The highest BCUT2D eigenvalue weighted by Gasteiger charge is 2.19. The van der Waals surface area contributed by atoms with Gasteiger partial charge in [0, 0.05) is 12.5 Å². The molecule has 0 amide bonds. The number of benzene rings is 1. The molecule has 0 saturated carbocycles. The molecule has 0 radical (unpaired) electrons. The second-order valence-electron chi connectivity index (χ2n) is 3.75. The van der Waals surface area contributed by atoms with Crippen LogP contribution in [-0.2, 0) is 21.6 Å². The monoisotopic (exact) mass is 287 g/mol. The molecule has 1 rings (SSSR count). The number of carbonyl (C=O) groups is 1. The van der Waals surface area contributed by atoms with Crippen LogP contribution in [0.3, 0.4) is 0 Å². The third-order valence-corrected chi connectivity index (χ3v) is 2.77. The Balaban J connectivity index is 3.01. The van der Waals surface area contributed by atoms with Gasteiger partial charge in [0.05, 0.1) is 10.7 Å². The fourth-order valence-electron chi connectivity index (χ4n) is 1.40. The van der Waals surface area contributed by atoms with E-state index in [4.69, 9.17) is 9.29 Å². The first kappa shape index (κ1) is 15.3. The number of nitro benzene ring substituents is 1. The molecule has 8 heteroatoms. The molecule has 1 aromatic rings. The zero-order valence-electron chi connectivity index (χ0n) is 10.2. The molecule has 0 fully saturated rings. The number of rotatable bonds is 6. The summed E-state index contributed by atoms with van der Waals surface area (Å²) in [6.45, 7) is 1.79. The SMILES string of the molecule is CCCC(=O)Oc1ccc(CS(=O)O)cc1[N+](=O)[O-]. The zero-order chi connectivity index (χ0) is 14.4. The maximum atomic E-state index is 11.3. The summed E-state index contributed by atoms with van der Waals surface area (Å²) in [5.41, 5.74) is -0.0739. The van der Waals surface area contributed by atoms with E-state index >= 15 is 0 Å². The van der Waals surface area contributed by atoms with Crippen molar-refractivity contribution >= 4 is 22.7 Å². The molecule has 104 valence electrons. The molecule has 1 aromatic carbocycles. The van der Waals surface area contributed by atoms with Crippen LogP contribution in [0.25, 0.3) is 0 Å². The van der Waals surface area contributed by atoms with Crippen molar-refractivity contribution in [3.05, 3.63) is 33.9 Å². The smallest absolute Gasteiger partial charge is 0.311 e. The molecule has 0 aromatic heterocycles. The van der Waals surface area contributed by atoms with Gasteiger partial charge in [0.2, 0.25) is 5.75 Å². The summed E-state index contributed by atoms with van der Waals surface area (Å²) in [5.74, 6) is -0.927. The van der Waals surface area contributed by atoms with E-state index in [0.717, 1.165) is 6.07 Å². The number of nitrogens with zero attached hydrogens (tertiary/aromatic N) is 1. The number of hydrogen-bond donors (Lipinski definition) is 1. The third kappa shape index (κ3) is 4.76. The van der Waals surface area contributed by atoms with Gasteiger partial charge in [-0.15, -0.1) is 0 Å². The number of carbonyl (C=O) groups excluding carboxylic acids is 1. The molecule has 0 bridgehead atoms. The summed E-state index contributed by atoms with van der Waals surface area (Å²) in [6, 6.07) is 3.80. The van der Waals surface area contributed by atoms with Gasteiger partial charge in [-0.1, -0.05) is 13.0 Å². The predicted octanol–water partition coefficient (Wildman–Crippen LogP) is 2.02. The molecule has 0 heterocycles. The van der Waals surface area contributed by atoms with Gasteiger partial charge in [0.15, 0.2) is 11.1 Å². The van der Waals surface area contributed by atoms with E-state index in [1.807, 2.05) is 0 Å². The van der Waals surface area contributed by atoms with E-state index in [1.165, 1.54) is 12.1 Å². The maximum absolute atomic E-state index is 11.3. The predicted molar refractivity (Wildman–Crippen MR) is 68.1 cm³/mol. The van der Waals surface area contributed by atoms with Crippen molar-refractivity contribution in [3.63, 3.8) is 0 Å². The highest BCUT2D eigenvalue weighted by molar-refractivity contribution is 7.78. The quantitative estimate of drug-likeness (QED) is 0.282. The number of esters is 1. The second kappa shape index (κ2) is 6.95. The summed E-state index contributed by atoms with van der Waals surface area (Å²) < 4.78 is 24.3. The van der Waals surface area contributed by atoms with Crippen LogP contribution in [0.15, 0.2) is 18.2 Å². The van der Waals surface area contributed by atoms with Crippen molar-refractivity contribution in [1.29, 1.82) is 0 Å². The van der Waals surface area contributed by atoms with Gasteiger partial charge in [-0.3, -0.25) is 14.9 Å². The van der Waals surface area contributed by atoms with Crippen molar-refractivity contribution in [2.24, 2.45) is 0 Å². The van der Waals surface area contributed by atoms with Crippen LogP contribution in [0.4, 0.5) is 5.69 Å². The van der Waals surface area contributed by atoms with E-state index in [-0.39, 0.29) is 17.9 Å². The van der Waals surface area contributed by atoms with Crippen molar-refractivity contribution in [1.82, 2.24) is 0 Å². The lowest BCUT2D eigenvalue weighted by atomic mass is 10.2. The van der Waals surface area contributed by atoms with Crippen molar-refractivity contribution in [2.75, 3.05) is 0 Å². The summed E-state index contributed by atoms with van der Waals surface area (Å²) in [4.78, 5) is 21.5. The minimum atomic E-state index is -2.09. The lowest BCUT2D eigenvalue weighted by Crippen LogP contribution is -2.08. The molecule has 0 aliphatic carbocycles. The normalized spacial score (nSPS) is 11.9.